The number of hydrogen-bond donors (Lipinski definition) is 3. The average Bonchev–Trinajstić information content (AvgIpc) is 3.23. The lowest BCUT2D eigenvalue weighted by molar-refractivity contribution is -0.870. The Morgan fingerprint density at radius 1 is 0.565 bits per heavy atom. The Hall–Kier alpha value is -2.32. The van der Waals surface area contributed by atoms with E-state index in [-0.39, 0.29) is 25.5 Å². The summed E-state index contributed by atoms with van der Waals surface area (Å²) < 4.78 is 23.6. The molecule has 3 unspecified atom stereocenters. The molecule has 8 nitrogen and oxygen atoms in total. The zero-order valence-corrected chi connectivity index (χ0v) is 41.5. The number of aliphatic hydroxyl groups excluding tert-OH is 1. The first kappa shape index (κ1) is 59.7. The Kier molecular flexibility index (Phi) is 42.3. The van der Waals surface area contributed by atoms with Gasteiger partial charge in [0.1, 0.15) is 13.2 Å². The van der Waals surface area contributed by atoms with E-state index in [0.717, 1.165) is 57.8 Å². The van der Waals surface area contributed by atoms with Crippen molar-refractivity contribution in [3.63, 3.8) is 0 Å². The van der Waals surface area contributed by atoms with Gasteiger partial charge in [-0.3, -0.25) is 13.8 Å². The van der Waals surface area contributed by atoms with Gasteiger partial charge in [-0.05, 0) is 57.8 Å². The van der Waals surface area contributed by atoms with Gasteiger partial charge in [0, 0.05) is 6.42 Å². The van der Waals surface area contributed by atoms with Crippen molar-refractivity contribution in [2.45, 2.75) is 206 Å². The fourth-order valence-corrected chi connectivity index (χ4v) is 7.45. The fraction of sp³-hybridized carbons (Fsp3) is 0.717. The van der Waals surface area contributed by atoms with Gasteiger partial charge in [-0.15, -0.1) is 0 Å². The number of quaternary nitrogens is 1. The number of rotatable bonds is 44. The molecule has 0 aliphatic carbocycles. The van der Waals surface area contributed by atoms with Crippen LogP contribution in [-0.2, 0) is 18.4 Å². The molecule has 62 heavy (non-hydrogen) atoms. The van der Waals surface area contributed by atoms with Gasteiger partial charge in [-0.25, -0.2) is 4.57 Å². The van der Waals surface area contributed by atoms with E-state index in [1.54, 1.807) is 6.08 Å². The number of carbonyl (C=O) groups excluding carboxylic acids is 1. The second-order valence-electron chi connectivity index (χ2n) is 17.8. The normalized spacial score (nSPS) is 14.9. The molecule has 0 aliphatic rings. The molecular weight excluding hydrogens is 792 g/mol. The largest absolute Gasteiger partial charge is 0.472 e. The summed E-state index contributed by atoms with van der Waals surface area (Å²) in [6.45, 7) is 4.64. The van der Waals surface area contributed by atoms with E-state index >= 15 is 0 Å². The molecule has 358 valence electrons. The summed E-state index contributed by atoms with van der Waals surface area (Å²) in [6.07, 6.45) is 61.1. The maximum Gasteiger partial charge on any atom is 0.472 e. The maximum atomic E-state index is 12.9. The van der Waals surface area contributed by atoms with Gasteiger partial charge in [0.2, 0.25) is 5.91 Å². The van der Waals surface area contributed by atoms with Crippen LogP contribution in [0.25, 0.3) is 0 Å². The third-order valence-electron chi connectivity index (χ3n) is 10.6. The lowest BCUT2D eigenvalue weighted by Gasteiger charge is -2.25. The zero-order chi connectivity index (χ0) is 45.7. The highest BCUT2D eigenvalue weighted by molar-refractivity contribution is 7.47. The molecule has 0 fully saturated rings. The Balaban J connectivity index is 4.47. The summed E-state index contributed by atoms with van der Waals surface area (Å²) in [4.78, 5) is 23.2. The van der Waals surface area contributed by atoms with Gasteiger partial charge in [-0.2, -0.15) is 0 Å². The monoisotopic (exact) mass is 888 g/mol. The molecular formula is C53H96N2O6P+. The lowest BCUT2D eigenvalue weighted by Crippen LogP contribution is -2.45. The minimum absolute atomic E-state index is 0.0438. The summed E-state index contributed by atoms with van der Waals surface area (Å²) in [7, 11) is 1.51. The van der Waals surface area contributed by atoms with Gasteiger partial charge < -0.3 is 19.8 Å². The molecule has 0 aromatic rings. The maximum absolute atomic E-state index is 12.9. The van der Waals surface area contributed by atoms with Crippen LogP contribution in [0.2, 0.25) is 0 Å². The van der Waals surface area contributed by atoms with Crippen LogP contribution in [0.5, 0.6) is 0 Å². The van der Waals surface area contributed by atoms with Gasteiger partial charge in [-0.1, -0.05) is 214 Å². The number of nitrogens with one attached hydrogen (secondary N) is 1. The van der Waals surface area contributed by atoms with Crippen LogP contribution in [0.15, 0.2) is 85.1 Å². The molecule has 0 spiro atoms. The average molecular weight is 888 g/mol. The second kappa shape index (κ2) is 43.9. The smallest absolute Gasteiger partial charge is 0.387 e. The number of aliphatic hydroxyl groups is 1. The van der Waals surface area contributed by atoms with Gasteiger partial charge in [0.15, 0.2) is 0 Å². The molecule has 0 heterocycles. The SMILES string of the molecule is CC/C=C\C/C=C\C/C=C\C/C=C\C/C=C\C/C=C\CCC(=O)NC(COP(=O)(O)OCC[N+](C)(C)C)C(O)/C=C/CCCCCCCCCCCCCCCCCCCCC. The predicted octanol–water partition coefficient (Wildman–Crippen LogP) is 14.5. The molecule has 1 amide bonds. The van der Waals surface area contributed by atoms with Crippen molar-refractivity contribution in [1.82, 2.24) is 5.32 Å². The minimum atomic E-state index is -4.37. The van der Waals surface area contributed by atoms with E-state index in [1.807, 2.05) is 39.4 Å². The quantitative estimate of drug-likeness (QED) is 0.0244. The van der Waals surface area contributed by atoms with E-state index < -0.39 is 20.0 Å². The van der Waals surface area contributed by atoms with E-state index in [9.17, 15) is 19.4 Å². The van der Waals surface area contributed by atoms with E-state index in [2.05, 4.69) is 79.9 Å². The molecule has 0 saturated heterocycles. The van der Waals surface area contributed by atoms with Crippen molar-refractivity contribution in [2.24, 2.45) is 0 Å². The Labute approximate surface area is 382 Å². The van der Waals surface area contributed by atoms with Crippen molar-refractivity contribution in [3.05, 3.63) is 85.1 Å². The van der Waals surface area contributed by atoms with Crippen LogP contribution in [0.3, 0.4) is 0 Å². The number of phosphoric acid groups is 1. The van der Waals surface area contributed by atoms with Crippen LogP contribution < -0.4 is 5.32 Å². The summed E-state index contributed by atoms with van der Waals surface area (Å²) in [5.74, 6) is -0.261. The van der Waals surface area contributed by atoms with Crippen LogP contribution in [-0.4, -0.2) is 73.4 Å². The molecule has 3 N–H and O–H groups in total. The highest BCUT2D eigenvalue weighted by Gasteiger charge is 2.27. The zero-order valence-electron chi connectivity index (χ0n) is 40.6. The highest BCUT2D eigenvalue weighted by atomic mass is 31.2. The number of hydrogen-bond acceptors (Lipinski definition) is 5. The highest BCUT2D eigenvalue weighted by Crippen LogP contribution is 2.43. The summed E-state index contributed by atoms with van der Waals surface area (Å²) in [5, 5.41) is 13.8. The van der Waals surface area contributed by atoms with Crippen LogP contribution in [0.4, 0.5) is 0 Å². The third kappa shape index (κ3) is 45.7. The summed E-state index contributed by atoms with van der Waals surface area (Å²) >= 11 is 0. The van der Waals surface area contributed by atoms with E-state index in [0.29, 0.717) is 17.4 Å². The topological polar surface area (TPSA) is 105 Å². The van der Waals surface area contributed by atoms with E-state index in [1.165, 1.54) is 109 Å². The van der Waals surface area contributed by atoms with Gasteiger partial charge in [0.25, 0.3) is 0 Å². The number of unbranched alkanes of at least 4 members (excludes halogenated alkanes) is 19. The van der Waals surface area contributed by atoms with Crippen molar-refractivity contribution in [1.29, 1.82) is 0 Å². The number of carbonyl (C=O) groups is 1. The Morgan fingerprint density at radius 3 is 1.39 bits per heavy atom. The van der Waals surface area contributed by atoms with E-state index in [4.69, 9.17) is 9.05 Å². The summed E-state index contributed by atoms with van der Waals surface area (Å²) in [6, 6.07) is -0.892. The molecule has 0 aromatic heterocycles. The fourth-order valence-electron chi connectivity index (χ4n) is 6.71. The molecule has 3 atom stereocenters. The first-order valence-corrected chi connectivity index (χ1v) is 26.5. The first-order chi connectivity index (χ1) is 30.0. The molecule has 0 aliphatic heterocycles. The second-order valence-corrected chi connectivity index (χ2v) is 19.3. The Bertz CT molecular complexity index is 1280. The van der Waals surface area contributed by atoms with Crippen LogP contribution >= 0.6 is 7.82 Å². The molecule has 0 radical (unpaired) electrons. The number of likely N-dealkylation sites (N-methyl/N-ethyl adjacent to an activating group) is 1. The van der Waals surface area contributed by atoms with Crippen LogP contribution in [0.1, 0.15) is 194 Å². The molecule has 9 heteroatoms. The van der Waals surface area contributed by atoms with Crippen molar-refractivity contribution >= 4 is 13.7 Å². The van der Waals surface area contributed by atoms with Crippen LogP contribution in [0, 0.1) is 0 Å². The van der Waals surface area contributed by atoms with Gasteiger partial charge in [0.05, 0.1) is 39.9 Å². The molecule has 0 aromatic carbocycles. The standard InChI is InChI=1S/C53H95N2O6P/c1-6-8-10-12-14-16-18-20-22-24-26-27-29-30-32-34-36-38-40-42-44-46-52(56)51(50-61-62(58,59)60-49-48-55(3,4)5)54-53(57)47-45-43-41-39-37-35-33-31-28-25-23-21-19-17-15-13-11-9-7-2/h9,11,15,17,21,23,28,31,35,37,41,43-44,46,51-52,56H,6-8,10,12-14,16,18-20,22,24-27,29-30,32-34,36,38-40,42,45,47-50H2,1-5H3,(H-,54,57,58,59)/p+1/b11-9-,17-15-,23-21-,31-28-,37-35-,43-41-,46-44+. The first-order valence-electron chi connectivity index (χ1n) is 25.0. The number of phosphoric ester groups is 1. The van der Waals surface area contributed by atoms with Crippen molar-refractivity contribution in [3.8, 4) is 0 Å². The number of amides is 1. The Morgan fingerprint density at radius 2 is 0.968 bits per heavy atom. The molecule has 0 rings (SSSR count). The predicted molar refractivity (Wildman–Crippen MR) is 267 cm³/mol. The van der Waals surface area contributed by atoms with Crippen molar-refractivity contribution < 1.29 is 32.9 Å². The summed E-state index contributed by atoms with van der Waals surface area (Å²) in [5.41, 5.74) is 0. The number of nitrogens with zero attached hydrogens (tertiary/aromatic N) is 1. The minimum Gasteiger partial charge on any atom is -0.387 e. The number of allylic oxidation sites excluding steroid dienone is 13. The van der Waals surface area contributed by atoms with Gasteiger partial charge >= 0.3 is 7.82 Å². The third-order valence-corrected chi connectivity index (χ3v) is 11.6. The molecule has 0 saturated carbocycles. The lowest BCUT2D eigenvalue weighted by atomic mass is 10.0. The molecule has 0 bridgehead atoms. The van der Waals surface area contributed by atoms with Crippen molar-refractivity contribution in [2.75, 3.05) is 40.9 Å².